The molecule has 126 valence electrons. The van der Waals surface area contributed by atoms with Crippen LogP contribution >= 0.6 is 0 Å². The molecule has 1 atom stereocenters. The predicted octanol–water partition coefficient (Wildman–Crippen LogP) is 2.40. The van der Waals surface area contributed by atoms with E-state index in [-0.39, 0.29) is 17.3 Å². The fraction of sp³-hybridized carbons (Fsp3) is 0.562. The van der Waals surface area contributed by atoms with E-state index >= 15 is 0 Å². The average molecular weight is 338 g/mol. The standard InChI is InChI=1S/C16H22N2O4S/c1-16(2,3)15-10-18(8-9-21-15)23(19,20)11-13-12-6-4-5-7-14(12)22-17-13/h4-7,15H,8-11H2,1-3H3. The van der Waals surface area contributed by atoms with E-state index in [1.54, 1.807) is 6.07 Å². The Morgan fingerprint density at radius 1 is 1.30 bits per heavy atom. The summed E-state index contributed by atoms with van der Waals surface area (Å²) < 4.78 is 38.0. The van der Waals surface area contributed by atoms with Crippen molar-refractivity contribution >= 4 is 21.0 Å². The Bertz CT molecular complexity index is 792. The van der Waals surface area contributed by atoms with Crippen molar-refractivity contribution < 1.29 is 17.7 Å². The first-order valence-electron chi connectivity index (χ1n) is 7.70. The minimum absolute atomic E-state index is 0.102. The maximum atomic E-state index is 12.8. The summed E-state index contributed by atoms with van der Waals surface area (Å²) in [7, 11) is -3.46. The summed E-state index contributed by atoms with van der Waals surface area (Å²) in [6.45, 7) is 7.34. The van der Waals surface area contributed by atoms with Crippen LogP contribution in [0.15, 0.2) is 28.8 Å². The Kier molecular flexibility index (Phi) is 4.20. The fourth-order valence-corrected chi connectivity index (χ4v) is 4.16. The minimum atomic E-state index is -3.46. The molecular formula is C16H22N2O4S. The van der Waals surface area contributed by atoms with Crippen molar-refractivity contribution in [3.05, 3.63) is 30.0 Å². The Labute approximate surface area is 136 Å². The number of rotatable bonds is 3. The molecule has 2 heterocycles. The Morgan fingerprint density at radius 3 is 2.78 bits per heavy atom. The molecule has 0 saturated carbocycles. The molecule has 1 aromatic heterocycles. The van der Waals surface area contributed by atoms with Gasteiger partial charge in [0.1, 0.15) is 11.4 Å². The highest BCUT2D eigenvalue weighted by atomic mass is 32.2. The van der Waals surface area contributed by atoms with Gasteiger partial charge in [0.25, 0.3) is 0 Å². The molecule has 6 nitrogen and oxygen atoms in total. The number of hydrogen-bond donors (Lipinski definition) is 0. The van der Waals surface area contributed by atoms with Crippen molar-refractivity contribution in [1.29, 1.82) is 0 Å². The number of aromatic nitrogens is 1. The first-order valence-corrected chi connectivity index (χ1v) is 9.31. The van der Waals surface area contributed by atoms with Crippen LogP contribution < -0.4 is 0 Å². The minimum Gasteiger partial charge on any atom is -0.375 e. The van der Waals surface area contributed by atoms with Crippen LogP contribution in [0.4, 0.5) is 0 Å². The molecule has 2 aromatic rings. The molecular weight excluding hydrogens is 316 g/mol. The summed E-state index contributed by atoms with van der Waals surface area (Å²) in [6.07, 6.45) is -0.111. The Hall–Kier alpha value is -1.44. The predicted molar refractivity (Wildman–Crippen MR) is 87.4 cm³/mol. The summed E-state index contributed by atoms with van der Waals surface area (Å²) in [5, 5.41) is 4.68. The zero-order valence-electron chi connectivity index (χ0n) is 13.7. The van der Waals surface area contributed by atoms with Crippen molar-refractivity contribution in [3.8, 4) is 0 Å². The lowest BCUT2D eigenvalue weighted by molar-refractivity contribution is -0.0591. The highest BCUT2D eigenvalue weighted by Gasteiger charge is 2.36. The smallest absolute Gasteiger partial charge is 0.220 e. The van der Waals surface area contributed by atoms with Gasteiger partial charge in [-0.05, 0) is 17.5 Å². The van der Waals surface area contributed by atoms with Crippen LogP contribution in [-0.2, 0) is 20.5 Å². The first-order chi connectivity index (χ1) is 10.8. The van der Waals surface area contributed by atoms with Crippen LogP contribution in [0.3, 0.4) is 0 Å². The molecule has 3 rings (SSSR count). The van der Waals surface area contributed by atoms with Gasteiger partial charge in [-0.2, -0.15) is 4.31 Å². The van der Waals surface area contributed by atoms with Gasteiger partial charge >= 0.3 is 0 Å². The molecule has 0 spiro atoms. The van der Waals surface area contributed by atoms with E-state index in [1.165, 1.54) is 4.31 Å². The van der Waals surface area contributed by atoms with Crippen LogP contribution in [0.2, 0.25) is 0 Å². The second kappa shape index (κ2) is 5.89. The van der Waals surface area contributed by atoms with Gasteiger partial charge in [0.05, 0.1) is 12.7 Å². The van der Waals surface area contributed by atoms with Crippen molar-refractivity contribution in [2.45, 2.75) is 32.6 Å². The molecule has 0 N–H and O–H groups in total. The largest absolute Gasteiger partial charge is 0.375 e. The van der Waals surface area contributed by atoms with Crippen LogP contribution in [0, 0.1) is 5.41 Å². The van der Waals surface area contributed by atoms with Crippen LogP contribution in [0.1, 0.15) is 26.5 Å². The number of fused-ring (bicyclic) bond motifs is 1. The molecule has 0 aliphatic carbocycles. The van der Waals surface area contributed by atoms with Crippen molar-refractivity contribution in [3.63, 3.8) is 0 Å². The highest BCUT2D eigenvalue weighted by molar-refractivity contribution is 7.88. The topological polar surface area (TPSA) is 72.6 Å². The number of nitrogens with zero attached hydrogens (tertiary/aromatic N) is 2. The van der Waals surface area contributed by atoms with Crippen LogP contribution in [0.25, 0.3) is 11.0 Å². The van der Waals surface area contributed by atoms with Gasteiger partial charge in [0, 0.05) is 18.5 Å². The summed E-state index contributed by atoms with van der Waals surface area (Å²) in [5.74, 6) is -0.152. The summed E-state index contributed by atoms with van der Waals surface area (Å²) in [4.78, 5) is 0. The SMILES string of the molecule is CC(C)(C)C1CN(S(=O)(=O)Cc2noc3ccccc23)CCO1. The molecule has 1 unspecified atom stereocenters. The Morgan fingerprint density at radius 2 is 2.04 bits per heavy atom. The van der Waals surface area contributed by atoms with E-state index in [0.717, 1.165) is 5.39 Å². The quantitative estimate of drug-likeness (QED) is 0.859. The van der Waals surface area contributed by atoms with Crippen molar-refractivity contribution in [2.75, 3.05) is 19.7 Å². The van der Waals surface area contributed by atoms with Gasteiger partial charge in [0.15, 0.2) is 5.58 Å². The molecule has 0 radical (unpaired) electrons. The van der Waals surface area contributed by atoms with E-state index in [1.807, 2.05) is 18.2 Å². The third kappa shape index (κ3) is 3.41. The molecule has 1 fully saturated rings. The maximum Gasteiger partial charge on any atom is 0.220 e. The molecule has 7 heteroatoms. The zero-order chi connectivity index (χ0) is 16.7. The average Bonchev–Trinajstić information content (AvgIpc) is 2.89. The molecule has 23 heavy (non-hydrogen) atoms. The van der Waals surface area contributed by atoms with Gasteiger partial charge in [-0.3, -0.25) is 0 Å². The lowest BCUT2D eigenvalue weighted by Gasteiger charge is -2.38. The van der Waals surface area contributed by atoms with Crippen LogP contribution in [-0.4, -0.2) is 43.7 Å². The van der Waals surface area contributed by atoms with Gasteiger partial charge in [-0.25, -0.2) is 8.42 Å². The molecule has 1 aliphatic heterocycles. The Balaban J connectivity index is 1.81. The van der Waals surface area contributed by atoms with Gasteiger partial charge in [0.2, 0.25) is 10.0 Å². The number of morpholine rings is 1. The number of sulfonamides is 1. The molecule has 1 aliphatic rings. The van der Waals surface area contributed by atoms with E-state index in [0.29, 0.717) is 31.0 Å². The zero-order valence-corrected chi connectivity index (χ0v) is 14.5. The van der Waals surface area contributed by atoms with Gasteiger partial charge in [-0.15, -0.1) is 0 Å². The second-order valence-corrected chi connectivity index (χ2v) is 8.93. The number of benzene rings is 1. The number of hydrogen-bond acceptors (Lipinski definition) is 5. The van der Waals surface area contributed by atoms with Gasteiger partial charge in [-0.1, -0.05) is 38.1 Å². The third-order valence-corrected chi connectivity index (χ3v) is 5.92. The fourth-order valence-electron chi connectivity index (χ4n) is 2.71. The molecule has 0 bridgehead atoms. The van der Waals surface area contributed by atoms with Crippen molar-refractivity contribution in [2.24, 2.45) is 5.41 Å². The monoisotopic (exact) mass is 338 g/mol. The lowest BCUT2D eigenvalue weighted by atomic mass is 9.88. The maximum absolute atomic E-state index is 12.8. The number of para-hydroxylation sites is 1. The summed E-state index contributed by atoms with van der Waals surface area (Å²) in [5.41, 5.74) is 0.959. The highest BCUT2D eigenvalue weighted by Crippen LogP contribution is 2.28. The molecule has 1 saturated heterocycles. The van der Waals surface area contributed by atoms with E-state index < -0.39 is 10.0 Å². The normalized spacial score (nSPS) is 20.9. The van der Waals surface area contributed by atoms with E-state index in [2.05, 4.69) is 25.9 Å². The number of ether oxygens (including phenoxy) is 1. The first kappa shape index (κ1) is 16.4. The summed E-state index contributed by atoms with van der Waals surface area (Å²) in [6, 6.07) is 7.29. The van der Waals surface area contributed by atoms with Crippen molar-refractivity contribution in [1.82, 2.24) is 9.46 Å². The molecule has 0 amide bonds. The second-order valence-electron chi connectivity index (χ2n) is 6.97. The van der Waals surface area contributed by atoms with E-state index in [9.17, 15) is 8.42 Å². The van der Waals surface area contributed by atoms with Crippen LogP contribution in [0.5, 0.6) is 0 Å². The summed E-state index contributed by atoms with van der Waals surface area (Å²) >= 11 is 0. The van der Waals surface area contributed by atoms with E-state index in [4.69, 9.17) is 9.26 Å². The van der Waals surface area contributed by atoms with Gasteiger partial charge < -0.3 is 9.26 Å². The third-order valence-electron chi connectivity index (χ3n) is 4.16. The lowest BCUT2D eigenvalue weighted by Crippen LogP contribution is -2.50. The molecule has 1 aromatic carbocycles.